The molecule has 1 unspecified atom stereocenters. The van der Waals surface area contributed by atoms with Gasteiger partial charge in [0.1, 0.15) is 12.4 Å². The Kier molecular flexibility index (Phi) is 6.07. The molecule has 9 heteroatoms. The molecule has 1 aliphatic heterocycles. The average Bonchev–Trinajstić information content (AvgIpc) is 2.60. The number of nitrogens with one attached hydrogen (secondary N) is 1. The molecule has 1 saturated heterocycles. The zero-order valence-corrected chi connectivity index (χ0v) is 13.1. The molecular weight excluding hydrogens is 320 g/mol. The molecule has 1 aromatic rings. The van der Waals surface area contributed by atoms with Crippen LogP contribution < -0.4 is 10.1 Å². The maximum atomic E-state index is 11.7. The van der Waals surface area contributed by atoms with Gasteiger partial charge in [-0.3, -0.25) is 14.9 Å². The molecule has 130 valence electrons. The van der Waals surface area contributed by atoms with Crippen molar-refractivity contribution in [1.29, 1.82) is 0 Å². The SMILES string of the molecule is COC(=O)C1CCCN[C@H]1COC(=O)Oc1ccc([N+](=O)[O-])cc1. The summed E-state index contributed by atoms with van der Waals surface area (Å²) in [6.07, 6.45) is 0.550. The van der Waals surface area contributed by atoms with Crippen molar-refractivity contribution in [3.63, 3.8) is 0 Å². The van der Waals surface area contributed by atoms with Crippen molar-refractivity contribution in [2.75, 3.05) is 20.3 Å². The van der Waals surface area contributed by atoms with Crippen LogP contribution in [-0.2, 0) is 14.3 Å². The van der Waals surface area contributed by atoms with E-state index in [0.29, 0.717) is 6.42 Å². The molecule has 9 nitrogen and oxygen atoms in total. The quantitative estimate of drug-likeness (QED) is 0.373. The summed E-state index contributed by atoms with van der Waals surface area (Å²) in [5, 5.41) is 13.7. The van der Waals surface area contributed by atoms with E-state index in [0.717, 1.165) is 13.0 Å². The van der Waals surface area contributed by atoms with Gasteiger partial charge in [-0.15, -0.1) is 0 Å². The van der Waals surface area contributed by atoms with Crippen molar-refractivity contribution >= 4 is 17.8 Å². The first kappa shape index (κ1) is 17.7. The molecule has 24 heavy (non-hydrogen) atoms. The van der Waals surface area contributed by atoms with Gasteiger partial charge in [0.2, 0.25) is 0 Å². The van der Waals surface area contributed by atoms with Crippen LogP contribution >= 0.6 is 0 Å². The van der Waals surface area contributed by atoms with Crippen LogP contribution in [0.4, 0.5) is 10.5 Å². The van der Waals surface area contributed by atoms with Gasteiger partial charge in [0.25, 0.3) is 5.69 Å². The van der Waals surface area contributed by atoms with Crippen LogP contribution in [0.1, 0.15) is 12.8 Å². The first-order valence-electron chi connectivity index (χ1n) is 7.41. The number of methoxy groups -OCH3 is 1. The highest BCUT2D eigenvalue weighted by Gasteiger charge is 2.32. The first-order valence-corrected chi connectivity index (χ1v) is 7.41. The van der Waals surface area contributed by atoms with E-state index < -0.39 is 11.1 Å². The van der Waals surface area contributed by atoms with E-state index in [2.05, 4.69) is 5.32 Å². The second-order valence-electron chi connectivity index (χ2n) is 5.25. The number of esters is 1. The average molecular weight is 338 g/mol. The summed E-state index contributed by atoms with van der Waals surface area (Å²) in [7, 11) is 1.32. The molecule has 1 N–H and O–H groups in total. The molecule has 0 amide bonds. The number of nitro groups is 1. The molecule has 0 aliphatic carbocycles. The van der Waals surface area contributed by atoms with E-state index in [1.807, 2.05) is 0 Å². The molecule has 2 rings (SSSR count). The zero-order valence-electron chi connectivity index (χ0n) is 13.1. The Labute approximate surface area is 138 Å². The molecule has 1 aliphatic rings. The van der Waals surface area contributed by atoms with Gasteiger partial charge < -0.3 is 19.5 Å². The fourth-order valence-electron chi connectivity index (χ4n) is 2.48. The van der Waals surface area contributed by atoms with Gasteiger partial charge in [0, 0.05) is 12.1 Å². The fraction of sp³-hybridized carbons (Fsp3) is 0.467. The highest BCUT2D eigenvalue weighted by molar-refractivity contribution is 5.73. The number of hydrogen-bond acceptors (Lipinski definition) is 8. The maximum absolute atomic E-state index is 11.7. The van der Waals surface area contributed by atoms with Crippen molar-refractivity contribution in [2.24, 2.45) is 5.92 Å². The van der Waals surface area contributed by atoms with Crippen molar-refractivity contribution in [3.8, 4) is 5.75 Å². The minimum absolute atomic E-state index is 0.0361. The lowest BCUT2D eigenvalue weighted by Gasteiger charge is -2.30. The summed E-state index contributed by atoms with van der Waals surface area (Å²) in [5.41, 5.74) is -0.108. The maximum Gasteiger partial charge on any atom is 0.513 e. The molecule has 0 aromatic heterocycles. The molecule has 1 fully saturated rings. The molecule has 0 saturated carbocycles. The fourth-order valence-corrected chi connectivity index (χ4v) is 2.48. The number of nitro benzene ring substituents is 1. The number of ether oxygens (including phenoxy) is 3. The molecule has 1 aromatic carbocycles. The van der Waals surface area contributed by atoms with Gasteiger partial charge in [0.05, 0.1) is 24.0 Å². The summed E-state index contributed by atoms with van der Waals surface area (Å²) in [5.74, 6) is -0.595. The van der Waals surface area contributed by atoms with Crippen molar-refractivity contribution in [1.82, 2.24) is 5.32 Å². The lowest BCUT2D eigenvalue weighted by Crippen LogP contribution is -2.48. The molecule has 2 atom stereocenters. The molecular formula is C15H18N2O7. The summed E-state index contributed by atoms with van der Waals surface area (Å²) >= 11 is 0. The Bertz CT molecular complexity index is 602. The molecule has 1 heterocycles. The predicted octanol–water partition coefficient (Wildman–Crippen LogP) is 1.65. The molecule has 0 radical (unpaired) electrons. The van der Waals surface area contributed by atoms with E-state index in [1.54, 1.807) is 0 Å². The molecule has 0 bridgehead atoms. The number of rotatable bonds is 5. The van der Waals surface area contributed by atoms with Gasteiger partial charge in [0.15, 0.2) is 0 Å². The highest BCUT2D eigenvalue weighted by atomic mass is 16.7. The van der Waals surface area contributed by atoms with Crippen molar-refractivity contribution < 1.29 is 28.7 Å². The second kappa shape index (κ2) is 8.25. The second-order valence-corrected chi connectivity index (χ2v) is 5.25. The first-order chi connectivity index (χ1) is 11.5. The van der Waals surface area contributed by atoms with E-state index in [4.69, 9.17) is 14.2 Å². The number of piperidine rings is 1. The minimum atomic E-state index is -0.945. The van der Waals surface area contributed by atoms with Crippen LogP contribution in [0, 0.1) is 16.0 Å². The third-order valence-electron chi connectivity index (χ3n) is 3.72. The van der Waals surface area contributed by atoms with Gasteiger partial charge in [-0.05, 0) is 31.5 Å². The van der Waals surface area contributed by atoms with Crippen LogP contribution in [0.2, 0.25) is 0 Å². The van der Waals surface area contributed by atoms with E-state index in [1.165, 1.54) is 31.4 Å². The van der Waals surface area contributed by atoms with E-state index >= 15 is 0 Å². The largest absolute Gasteiger partial charge is 0.513 e. The Balaban J connectivity index is 1.85. The summed E-state index contributed by atoms with van der Waals surface area (Å²) < 4.78 is 14.7. The standard InChI is InChI=1S/C15H18N2O7/c1-22-14(18)12-3-2-8-16-13(12)9-23-15(19)24-11-6-4-10(5-7-11)17(20)21/h4-7,12-13,16H,2-3,8-9H2,1H3/t12?,13-/m0/s1. The van der Waals surface area contributed by atoms with Gasteiger partial charge in [-0.1, -0.05) is 0 Å². The van der Waals surface area contributed by atoms with Crippen LogP contribution in [0.25, 0.3) is 0 Å². The number of non-ortho nitro benzene ring substituents is 1. The topological polar surface area (TPSA) is 117 Å². The third-order valence-corrected chi connectivity index (χ3v) is 3.72. The van der Waals surface area contributed by atoms with E-state index in [-0.39, 0.29) is 36.0 Å². The number of carbonyl (C=O) groups excluding carboxylic acids is 2. The third kappa shape index (κ3) is 4.66. The van der Waals surface area contributed by atoms with Crippen molar-refractivity contribution in [2.45, 2.75) is 18.9 Å². The van der Waals surface area contributed by atoms with Crippen LogP contribution in [0.3, 0.4) is 0 Å². The van der Waals surface area contributed by atoms with E-state index in [9.17, 15) is 19.7 Å². The van der Waals surface area contributed by atoms with Crippen LogP contribution in [0.15, 0.2) is 24.3 Å². The Hall–Kier alpha value is -2.68. The van der Waals surface area contributed by atoms with Gasteiger partial charge in [-0.2, -0.15) is 0 Å². The number of benzene rings is 1. The lowest BCUT2D eigenvalue weighted by atomic mass is 9.91. The number of hydrogen-bond donors (Lipinski definition) is 1. The Morgan fingerprint density at radius 1 is 1.33 bits per heavy atom. The van der Waals surface area contributed by atoms with Crippen LogP contribution in [-0.4, -0.2) is 43.4 Å². The minimum Gasteiger partial charge on any atom is -0.469 e. The number of carbonyl (C=O) groups is 2. The van der Waals surface area contributed by atoms with Gasteiger partial charge in [-0.25, -0.2) is 4.79 Å². The van der Waals surface area contributed by atoms with Gasteiger partial charge >= 0.3 is 12.1 Å². The summed E-state index contributed by atoms with van der Waals surface area (Å²) in [6.45, 7) is 0.685. The lowest BCUT2D eigenvalue weighted by molar-refractivity contribution is -0.384. The van der Waals surface area contributed by atoms with Crippen molar-refractivity contribution in [3.05, 3.63) is 34.4 Å². The number of nitrogens with zero attached hydrogens (tertiary/aromatic N) is 1. The zero-order chi connectivity index (χ0) is 17.5. The van der Waals surface area contributed by atoms with Crippen LogP contribution in [0.5, 0.6) is 5.75 Å². The molecule has 0 spiro atoms. The smallest absolute Gasteiger partial charge is 0.469 e. The normalized spacial score (nSPS) is 20.0. The Morgan fingerprint density at radius 3 is 2.67 bits per heavy atom. The summed E-state index contributed by atoms with van der Waals surface area (Å²) in [6, 6.07) is 4.71. The Morgan fingerprint density at radius 2 is 2.04 bits per heavy atom. The monoisotopic (exact) mass is 338 g/mol. The summed E-state index contributed by atoms with van der Waals surface area (Å²) in [4.78, 5) is 33.4. The predicted molar refractivity (Wildman–Crippen MR) is 81.6 cm³/mol. The highest BCUT2D eigenvalue weighted by Crippen LogP contribution is 2.20.